The molecule has 0 aliphatic rings. The van der Waals surface area contributed by atoms with Gasteiger partial charge >= 0.3 is 0 Å². The smallest absolute Gasteiger partial charge is 0.277 e. The SMILES string of the molecule is N#Cc1cccc(NC(=O)c2cn(C[C@H](O)c3cccs3)nn2)c1. The molecule has 0 aliphatic carbocycles. The molecule has 24 heavy (non-hydrogen) atoms. The summed E-state index contributed by atoms with van der Waals surface area (Å²) in [4.78, 5) is 13.0. The normalized spacial score (nSPS) is 11.7. The number of anilines is 1. The number of aliphatic hydroxyl groups is 1. The molecule has 2 heterocycles. The van der Waals surface area contributed by atoms with Crippen molar-refractivity contribution in [1.82, 2.24) is 15.0 Å². The molecule has 3 aromatic rings. The van der Waals surface area contributed by atoms with Crippen molar-refractivity contribution in [3.05, 3.63) is 64.1 Å². The first-order chi connectivity index (χ1) is 11.7. The van der Waals surface area contributed by atoms with Gasteiger partial charge in [0.1, 0.15) is 6.10 Å². The molecular weight excluding hydrogens is 326 g/mol. The molecule has 0 radical (unpaired) electrons. The molecular formula is C16H13N5O2S. The molecule has 0 bridgehead atoms. The van der Waals surface area contributed by atoms with E-state index in [0.29, 0.717) is 11.3 Å². The Kier molecular flexibility index (Phi) is 4.65. The van der Waals surface area contributed by atoms with Crippen molar-refractivity contribution in [3.63, 3.8) is 0 Å². The minimum absolute atomic E-state index is 0.135. The van der Waals surface area contributed by atoms with Gasteiger partial charge in [0.25, 0.3) is 5.91 Å². The molecule has 1 aromatic carbocycles. The molecule has 0 fully saturated rings. The van der Waals surface area contributed by atoms with E-state index in [4.69, 9.17) is 5.26 Å². The molecule has 0 saturated carbocycles. The molecule has 1 amide bonds. The third-order valence-corrected chi connectivity index (χ3v) is 4.23. The highest BCUT2D eigenvalue weighted by Gasteiger charge is 2.14. The summed E-state index contributed by atoms with van der Waals surface area (Å²) in [5.74, 6) is -0.429. The number of carbonyl (C=O) groups excluding carboxylic acids is 1. The van der Waals surface area contributed by atoms with Crippen LogP contribution in [-0.2, 0) is 6.54 Å². The number of nitrogens with one attached hydrogen (secondary N) is 1. The van der Waals surface area contributed by atoms with E-state index in [0.717, 1.165) is 4.88 Å². The fraction of sp³-hybridized carbons (Fsp3) is 0.125. The third-order valence-electron chi connectivity index (χ3n) is 3.25. The van der Waals surface area contributed by atoms with Gasteiger partial charge in [-0.2, -0.15) is 5.26 Å². The van der Waals surface area contributed by atoms with Crippen LogP contribution in [-0.4, -0.2) is 26.0 Å². The fourth-order valence-corrected chi connectivity index (χ4v) is 2.80. The van der Waals surface area contributed by atoms with Crippen molar-refractivity contribution >= 4 is 22.9 Å². The van der Waals surface area contributed by atoms with Crippen LogP contribution >= 0.6 is 11.3 Å². The number of hydrogen-bond donors (Lipinski definition) is 2. The van der Waals surface area contributed by atoms with Gasteiger partial charge in [0.2, 0.25) is 0 Å². The quantitative estimate of drug-likeness (QED) is 0.741. The van der Waals surface area contributed by atoms with Crippen LogP contribution in [0.4, 0.5) is 5.69 Å². The van der Waals surface area contributed by atoms with Gasteiger partial charge in [-0.1, -0.05) is 17.3 Å². The summed E-state index contributed by atoms with van der Waals surface area (Å²) in [5.41, 5.74) is 1.10. The van der Waals surface area contributed by atoms with Gasteiger partial charge < -0.3 is 10.4 Å². The minimum Gasteiger partial charge on any atom is -0.386 e. The van der Waals surface area contributed by atoms with E-state index in [1.165, 1.54) is 22.2 Å². The van der Waals surface area contributed by atoms with Gasteiger partial charge in [-0.25, -0.2) is 4.68 Å². The van der Waals surface area contributed by atoms with Gasteiger partial charge in [-0.15, -0.1) is 16.4 Å². The van der Waals surface area contributed by atoms with Crippen LogP contribution in [0, 0.1) is 11.3 Å². The fourth-order valence-electron chi connectivity index (χ4n) is 2.10. The Morgan fingerprint density at radius 3 is 3.04 bits per heavy atom. The first kappa shape index (κ1) is 15.9. The lowest BCUT2D eigenvalue weighted by molar-refractivity contribution is 0.102. The molecule has 0 saturated heterocycles. The van der Waals surface area contributed by atoms with Crippen LogP contribution in [0.3, 0.4) is 0 Å². The van der Waals surface area contributed by atoms with Crippen molar-refractivity contribution in [2.45, 2.75) is 12.6 Å². The van der Waals surface area contributed by atoms with E-state index < -0.39 is 12.0 Å². The number of nitrogens with zero attached hydrogens (tertiary/aromatic N) is 4. The topological polar surface area (TPSA) is 104 Å². The van der Waals surface area contributed by atoms with Crippen molar-refractivity contribution in [3.8, 4) is 6.07 Å². The molecule has 0 spiro atoms. The number of hydrogen-bond acceptors (Lipinski definition) is 6. The Balaban J connectivity index is 1.66. The summed E-state index contributed by atoms with van der Waals surface area (Å²) >= 11 is 1.45. The molecule has 1 atom stereocenters. The first-order valence-electron chi connectivity index (χ1n) is 7.09. The van der Waals surface area contributed by atoms with Crippen molar-refractivity contribution in [2.75, 3.05) is 5.32 Å². The highest BCUT2D eigenvalue weighted by molar-refractivity contribution is 7.10. The molecule has 2 aromatic heterocycles. The number of carbonyl (C=O) groups is 1. The zero-order valence-electron chi connectivity index (χ0n) is 12.5. The molecule has 2 N–H and O–H groups in total. The van der Waals surface area contributed by atoms with E-state index in [2.05, 4.69) is 15.6 Å². The van der Waals surface area contributed by atoms with E-state index >= 15 is 0 Å². The number of rotatable bonds is 5. The van der Waals surface area contributed by atoms with Crippen molar-refractivity contribution in [2.24, 2.45) is 0 Å². The Hall–Kier alpha value is -3.02. The number of thiophene rings is 1. The van der Waals surface area contributed by atoms with E-state index in [1.54, 1.807) is 24.3 Å². The summed E-state index contributed by atoms with van der Waals surface area (Å²) in [7, 11) is 0. The number of aromatic nitrogens is 3. The lowest BCUT2D eigenvalue weighted by Crippen LogP contribution is -2.12. The third kappa shape index (κ3) is 3.65. The van der Waals surface area contributed by atoms with Gasteiger partial charge in [0.05, 0.1) is 24.4 Å². The highest BCUT2D eigenvalue weighted by Crippen LogP contribution is 2.20. The second-order valence-corrected chi connectivity index (χ2v) is 5.98. The minimum atomic E-state index is -0.699. The predicted molar refractivity (Wildman–Crippen MR) is 88.4 cm³/mol. The van der Waals surface area contributed by atoms with Gasteiger partial charge in [0, 0.05) is 10.6 Å². The Labute approximate surface area is 141 Å². The number of benzene rings is 1. The Bertz CT molecular complexity index is 882. The predicted octanol–water partition coefficient (Wildman–Crippen LogP) is 2.20. The summed E-state index contributed by atoms with van der Waals surface area (Å²) in [5, 5.41) is 31.2. The molecule has 0 unspecified atom stereocenters. The van der Waals surface area contributed by atoms with Crippen LogP contribution in [0.5, 0.6) is 0 Å². The van der Waals surface area contributed by atoms with Crippen molar-refractivity contribution in [1.29, 1.82) is 5.26 Å². The summed E-state index contributed by atoms with van der Waals surface area (Å²) in [6, 6.07) is 12.3. The maximum atomic E-state index is 12.2. The summed E-state index contributed by atoms with van der Waals surface area (Å²) < 4.78 is 1.42. The molecule has 3 rings (SSSR count). The standard InChI is InChI=1S/C16H13N5O2S/c17-8-11-3-1-4-12(7-11)18-16(23)13-9-21(20-19-13)10-14(22)15-5-2-6-24-15/h1-7,9,14,22H,10H2,(H,18,23)/t14-/m0/s1. The number of aliphatic hydroxyl groups excluding tert-OH is 1. The van der Waals surface area contributed by atoms with Crippen LogP contribution < -0.4 is 5.32 Å². The number of amides is 1. The molecule has 8 heteroatoms. The second kappa shape index (κ2) is 7.04. The monoisotopic (exact) mass is 339 g/mol. The average molecular weight is 339 g/mol. The van der Waals surface area contributed by atoms with Gasteiger partial charge in [-0.05, 0) is 29.6 Å². The van der Waals surface area contributed by atoms with Crippen LogP contribution in [0.25, 0.3) is 0 Å². The van der Waals surface area contributed by atoms with Crippen LogP contribution in [0.1, 0.15) is 27.0 Å². The van der Waals surface area contributed by atoms with E-state index in [1.807, 2.05) is 23.6 Å². The molecule has 0 aliphatic heterocycles. The zero-order valence-corrected chi connectivity index (χ0v) is 13.3. The zero-order chi connectivity index (χ0) is 16.9. The molecule has 120 valence electrons. The van der Waals surface area contributed by atoms with Gasteiger partial charge in [0.15, 0.2) is 5.69 Å². The lowest BCUT2D eigenvalue weighted by atomic mass is 10.2. The van der Waals surface area contributed by atoms with Crippen LogP contribution in [0.2, 0.25) is 0 Å². The Morgan fingerprint density at radius 2 is 2.29 bits per heavy atom. The summed E-state index contributed by atoms with van der Waals surface area (Å²) in [6.07, 6.45) is 0.773. The molecule has 7 nitrogen and oxygen atoms in total. The average Bonchev–Trinajstić information content (AvgIpc) is 3.26. The van der Waals surface area contributed by atoms with Crippen molar-refractivity contribution < 1.29 is 9.90 Å². The number of nitriles is 1. The van der Waals surface area contributed by atoms with E-state index in [-0.39, 0.29) is 12.2 Å². The van der Waals surface area contributed by atoms with Crippen LogP contribution in [0.15, 0.2) is 48.0 Å². The first-order valence-corrected chi connectivity index (χ1v) is 7.97. The Morgan fingerprint density at radius 1 is 1.42 bits per heavy atom. The maximum Gasteiger partial charge on any atom is 0.277 e. The largest absolute Gasteiger partial charge is 0.386 e. The van der Waals surface area contributed by atoms with Gasteiger partial charge in [-0.3, -0.25) is 4.79 Å². The second-order valence-electron chi connectivity index (χ2n) is 5.00. The lowest BCUT2D eigenvalue weighted by Gasteiger charge is -2.07. The maximum absolute atomic E-state index is 12.2. The summed E-state index contributed by atoms with van der Waals surface area (Å²) in [6.45, 7) is 0.213. The highest BCUT2D eigenvalue weighted by atomic mass is 32.1. The van der Waals surface area contributed by atoms with E-state index in [9.17, 15) is 9.90 Å².